The van der Waals surface area contributed by atoms with Crippen LogP contribution in [0.5, 0.6) is 0 Å². The van der Waals surface area contributed by atoms with Gasteiger partial charge in [-0.1, -0.05) is 11.2 Å². The lowest BCUT2D eigenvalue weighted by atomic mass is 10.2. The van der Waals surface area contributed by atoms with Crippen LogP contribution < -0.4 is 11.1 Å². The maximum atomic E-state index is 8.63. The van der Waals surface area contributed by atoms with E-state index in [1.807, 2.05) is 18.2 Å². The first kappa shape index (κ1) is 13.5. The third-order valence-corrected chi connectivity index (χ3v) is 3.83. The SMILES string of the molecule is C[C@@H](NCc1ccnc(/C(N)=N/O)c1)c1cccs1. The molecule has 0 amide bonds. The molecule has 0 aromatic carbocycles. The Morgan fingerprint density at radius 3 is 3.11 bits per heavy atom. The van der Waals surface area contributed by atoms with Gasteiger partial charge >= 0.3 is 0 Å². The van der Waals surface area contributed by atoms with Crippen LogP contribution in [0.4, 0.5) is 0 Å². The second-order valence-corrected chi connectivity index (χ2v) is 5.13. The Kier molecular flexibility index (Phi) is 4.48. The van der Waals surface area contributed by atoms with Crippen molar-refractivity contribution in [3.8, 4) is 0 Å². The van der Waals surface area contributed by atoms with Crippen molar-refractivity contribution >= 4 is 17.2 Å². The van der Waals surface area contributed by atoms with Crippen LogP contribution >= 0.6 is 11.3 Å². The summed E-state index contributed by atoms with van der Waals surface area (Å²) in [6, 6.07) is 8.16. The summed E-state index contributed by atoms with van der Waals surface area (Å²) < 4.78 is 0. The highest BCUT2D eigenvalue weighted by Gasteiger charge is 2.07. The third kappa shape index (κ3) is 3.52. The molecule has 0 fully saturated rings. The van der Waals surface area contributed by atoms with Gasteiger partial charge < -0.3 is 16.3 Å². The first-order chi connectivity index (χ1) is 9.20. The van der Waals surface area contributed by atoms with E-state index in [0.717, 1.165) is 5.56 Å². The van der Waals surface area contributed by atoms with Gasteiger partial charge in [-0.05, 0) is 36.1 Å². The van der Waals surface area contributed by atoms with Gasteiger partial charge in [0.15, 0.2) is 5.84 Å². The van der Waals surface area contributed by atoms with Crippen molar-refractivity contribution in [1.29, 1.82) is 0 Å². The molecule has 0 saturated heterocycles. The maximum absolute atomic E-state index is 8.63. The minimum absolute atomic E-state index is 0.0214. The number of amidine groups is 1. The van der Waals surface area contributed by atoms with Crippen LogP contribution in [0, 0.1) is 0 Å². The second-order valence-electron chi connectivity index (χ2n) is 4.15. The summed E-state index contributed by atoms with van der Waals surface area (Å²) in [5.41, 5.74) is 7.03. The van der Waals surface area contributed by atoms with E-state index in [0.29, 0.717) is 18.3 Å². The smallest absolute Gasteiger partial charge is 0.188 e. The van der Waals surface area contributed by atoms with Gasteiger partial charge in [-0.2, -0.15) is 0 Å². The van der Waals surface area contributed by atoms with Gasteiger partial charge in [0.25, 0.3) is 0 Å². The average Bonchev–Trinajstić information content (AvgIpc) is 2.98. The summed E-state index contributed by atoms with van der Waals surface area (Å²) >= 11 is 1.73. The van der Waals surface area contributed by atoms with Gasteiger partial charge in [0.1, 0.15) is 5.69 Å². The number of aromatic nitrogens is 1. The summed E-state index contributed by atoms with van der Waals surface area (Å²) in [7, 11) is 0. The lowest BCUT2D eigenvalue weighted by Gasteiger charge is -2.12. The average molecular weight is 276 g/mol. The molecule has 0 saturated carbocycles. The van der Waals surface area contributed by atoms with E-state index in [1.165, 1.54) is 4.88 Å². The summed E-state index contributed by atoms with van der Waals surface area (Å²) in [5, 5.41) is 17.1. The number of nitrogens with one attached hydrogen (secondary N) is 1. The van der Waals surface area contributed by atoms with Crippen LogP contribution in [-0.2, 0) is 6.54 Å². The van der Waals surface area contributed by atoms with Crippen molar-refractivity contribution in [3.05, 3.63) is 52.0 Å². The summed E-state index contributed by atoms with van der Waals surface area (Å²) in [6.07, 6.45) is 1.65. The molecule has 2 heterocycles. The van der Waals surface area contributed by atoms with Crippen LogP contribution in [0.3, 0.4) is 0 Å². The standard InChI is InChI=1S/C13H16N4OS/c1-9(12-3-2-6-19-12)16-8-10-4-5-15-11(7-10)13(14)17-18/h2-7,9,16,18H,8H2,1H3,(H2,14,17)/t9-/m1/s1. The Bertz CT molecular complexity index is 554. The summed E-state index contributed by atoms with van der Waals surface area (Å²) in [6.45, 7) is 2.82. The van der Waals surface area contributed by atoms with Gasteiger partial charge in [-0.15, -0.1) is 11.3 Å². The van der Waals surface area contributed by atoms with Crippen molar-refractivity contribution in [2.75, 3.05) is 0 Å². The van der Waals surface area contributed by atoms with Crippen LogP contribution in [0.25, 0.3) is 0 Å². The topological polar surface area (TPSA) is 83.5 Å². The van der Waals surface area contributed by atoms with Crippen molar-refractivity contribution in [2.24, 2.45) is 10.9 Å². The first-order valence-corrected chi connectivity index (χ1v) is 6.78. The number of nitrogens with zero attached hydrogens (tertiary/aromatic N) is 2. The zero-order valence-electron chi connectivity index (χ0n) is 10.6. The molecular formula is C13H16N4OS. The Balaban J connectivity index is 2.00. The Hall–Kier alpha value is -1.92. The summed E-state index contributed by atoms with van der Waals surface area (Å²) in [4.78, 5) is 5.34. The monoisotopic (exact) mass is 276 g/mol. The summed E-state index contributed by atoms with van der Waals surface area (Å²) in [5.74, 6) is 0.0214. The highest BCUT2D eigenvalue weighted by atomic mass is 32.1. The highest BCUT2D eigenvalue weighted by Crippen LogP contribution is 2.18. The van der Waals surface area contributed by atoms with Gasteiger partial charge in [0.2, 0.25) is 0 Å². The molecule has 100 valence electrons. The predicted octanol–water partition coefficient (Wildman–Crippen LogP) is 2.09. The third-order valence-electron chi connectivity index (χ3n) is 2.78. The van der Waals surface area contributed by atoms with Crippen LogP contribution in [0.2, 0.25) is 0 Å². The number of oxime groups is 1. The Morgan fingerprint density at radius 2 is 2.42 bits per heavy atom. The fraction of sp³-hybridized carbons (Fsp3) is 0.231. The molecule has 0 unspecified atom stereocenters. The first-order valence-electron chi connectivity index (χ1n) is 5.90. The van der Waals surface area contributed by atoms with E-state index in [1.54, 1.807) is 17.5 Å². The Labute approximate surface area is 115 Å². The predicted molar refractivity (Wildman–Crippen MR) is 76.3 cm³/mol. The molecule has 5 nitrogen and oxygen atoms in total. The van der Waals surface area contributed by atoms with E-state index in [-0.39, 0.29) is 5.84 Å². The van der Waals surface area contributed by atoms with E-state index < -0.39 is 0 Å². The van der Waals surface area contributed by atoms with Crippen LogP contribution in [0.1, 0.15) is 29.1 Å². The number of thiophene rings is 1. The normalized spacial score (nSPS) is 13.4. The quantitative estimate of drug-likeness (QED) is 0.338. The second kappa shape index (κ2) is 6.31. The zero-order valence-corrected chi connectivity index (χ0v) is 11.4. The molecule has 0 aliphatic rings. The van der Waals surface area contributed by atoms with Crippen molar-refractivity contribution in [2.45, 2.75) is 19.5 Å². The maximum Gasteiger partial charge on any atom is 0.188 e. The zero-order chi connectivity index (χ0) is 13.7. The molecule has 0 aliphatic carbocycles. The lowest BCUT2D eigenvalue weighted by molar-refractivity contribution is 0.318. The number of hydrogen-bond donors (Lipinski definition) is 3. The number of hydrogen-bond acceptors (Lipinski definition) is 5. The van der Waals surface area contributed by atoms with E-state index >= 15 is 0 Å². The molecule has 6 heteroatoms. The van der Waals surface area contributed by atoms with Crippen LogP contribution in [-0.4, -0.2) is 16.0 Å². The molecule has 0 spiro atoms. The molecule has 2 rings (SSSR count). The molecule has 2 aromatic rings. The molecule has 0 bridgehead atoms. The van der Waals surface area contributed by atoms with E-state index in [2.05, 4.69) is 33.8 Å². The van der Waals surface area contributed by atoms with Gasteiger partial charge in [-0.3, -0.25) is 4.98 Å². The highest BCUT2D eigenvalue weighted by molar-refractivity contribution is 7.10. The number of pyridine rings is 1. The largest absolute Gasteiger partial charge is 0.409 e. The van der Waals surface area contributed by atoms with Gasteiger partial charge in [0, 0.05) is 23.7 Å². The van der Waals surface area contributed by atoms with Crippen molar-refractivity contribution in [3.63, 3.8) is 0 Å². The van der Waals surface area contributed by atoms with E-state index in [4.69, 9.17) is 10.9 Å². The molecule has 1 atom stereocenters. The molecule has 0 radical (unpaired) electrons. The minimum Gasteiger partial charge on any atom is -0.409 e. The minimum atomic E-state index is 0.0214. The van der Waals surface area contributed by atoms with Gasteiger partial charge in [-0.25, -0.2) is 0 Å². The van der Waals surface area contributed by atoms with Crippen LogP contribution in [0.15, 0.2) is 41.0 Å². The number of nitrogens with two attached hydrogens (primary N) is 1. The fourth-order valence-corrected chi connectivity index (χ4v) is 2.44. The lowest BCUT2D eigenvalue weighted by Crippen LogP contribution is -2.19. The fourth-order valence-electron chi connectivity index (χ4n) is 1.68. The molecule has 4 N–H and O–H groups in total. The van der Waals surface area contributed by atoms with Crippen molar-refractivity contribution in [1.82, 2.24) is 10.3 Å². The molecule has 19 heavy (non-hydrogen) atoms. The van der Waals surface area contributed by atoms with E-state index in [9.17, 15) is 0 Å². The molecule has 0 aliphatic heterocycles. The molecule has 2 aromatic heterocycles. The van der Waals surface area contributed by atoms with Crippen molar-refractivity contribution < 1.29 is 5.21 Å². The number of rotatable bonds is 5. The van der Waals surface area contributed by atoms with Gasteiger partial charge in [0.05, 0.1) is 0 Å². The Morgan fingerprint density at radius 1 is 1.58 bits per heavy atom. The molecular weight excluding hydrogens is 260 g/mol.